The highest BCUT2D eigenvalue weighted by molar-refractivity contribution is 5.96. The molecule has 0 fully saturated rings. The van der Waals surface area contributed by atoms with Crippen LogP contribution < -0.4 is 15.6 Å². The van der Waals surface area contributed by atoms with Crippen LogP contribution in [0.4, 0.5) is 20.4 Å². The zero-order valence-corrected chi connectivity index (χ0v) is 17.1. The number of rotatable bonds is 6. The van der Waals surface area contributed by atoms with Gasteiger partial charge in [-0.1, -0.05) is 6.07 Å². The van der Waals surface area contributed by atoms with Crippen molar-refractivity contribution in [2.24, 2.45) is 0 Å². The molecular formula is C22H22F2N4O2. The van der Waals surface area contributed by atoms with E-state index in [1.54, 1.807) is 37.7 Å². The summed E-state index contributed by atoms with van der Waals surface area (Å²) in [5.74, 6) is -1.02. The highest BCUT2D eigenvalue weighted by atomic mass is 19.2. The molecule has 6 nitrogen and oxygen atoms in total. The standard InChI is InChI=1S/C22H22F2N4O2/c1-12-9-16(30-4)6-8-19(12)26-22-27-21(29)13(2)20(14(3)25)28(22)11-15-5-7-17(23)18(24)10-15/h5-10,25H,11H2,1-4H3,(H,26,27,29). The average Bonchev–Trinajstić information content (AvgIpc) is 2.69. The van der Waals surface area contributed by atoms with Crippen LogP contribution in [0.15, 0.2) is 41.2 Å². The molecule has 0 saturated carbocycles. The maximum atomic E-state index is 13.7. The van der Waals surface area contributed by atoms with Crippen LogP contribution in [0.2, 0.25) is 0 Å². The van der Waals surface area contributed by atoms with Crippen LogP contribution in [0.25, 0.3) is 0 Å². The van der Waals surface area contributed by atoms with Crippen molar-refractivity contribution >= 4 is 17.3 Å². The second-order valence-electron chi connectivity index (χ2n) is 6.98. The Morgan fingerprint density at radius 3 is 2.50 bits per heavy atom. The maximum absolute atomic E-state index is 13.7. The van der Waals surface area contributed by atoms with Crippen molar-refractivity contribution in [1.82, 2.24) is 9.55 Å². The molecule has 2 N–H and O–H groups in total. The lowest BCUT2D eigenvalue weighted by Gasteiger charge is -2.21. The fourth-order valence-electron chi connectivity index (χ4n) is 3.23. The molecule has 0 radical (unpaired) electrons. The van der Waals surface area contributed by atoms with Crippen LogP contribution in [0.1, 0.15) is 29.3 Å². The Bertz CT molecular complexity index is 1190. The molecule has 0 aliphatic rings. The predicted octanol–water partition coefficient (Wildman–Crippen LogP) is 4.33. The van der Waals surface area contributed by atoms with E-state index in [4.69, 9.17) is 10.1 Å². The van der Waals surface area contributed by atoms with Gasteiger partial charge >= 0.3 is 0 Å². The molecule has 8 heteroatoms. The number of ether oxygens (including phenoxy) is 1. The number of nitrogens with one attached hydrogen (secondary N) is 2. The van der Waals surface area contributed by atoms with Gasteiger partial charge in [0.1, 0.15) is 5.75 Å². The van der Waals surface area contributed by atoms with Gasteiger partial charge in [0, 0.05) is 11.3 Å². The first kappa shape index (κ1) is 21.2. The third-order valence-electron chi connectivity index (χ3n) is 4.77. The highest BCUT2D eigenvalue weighted by Crippen LogP contribution is 2.25. The number of nitrogens with zero attached hydrogens (tertiary/aromatic N) is 2. The van der Waals surface area contributed by atoms with E-state index in [0.717, 1.165) is 17.7 Å². The molecule has 0 unspecified atom stereocenters. The summed E-state index contributed by atoms with van der Waals surface area (Å²) >= 11 is 0. The van der Waals surface area contributed by atoms with Gasteiger partial charge in [0.25, 0.3) is 5.56 Å². The summed E-state index contributed by atoms with van der Waals surface area (Å²) in [6.07, 6.45) is 0. The van der Waals surface area contributed by atoms with Gasteiger partial charge in [0.2, 0.25) is 5.95 Å². The van der Waals surface area contributed by atoms with Gasteiger partial charge in [-0.25, -0.2) is 8.78 Å². The van der Waals surface area contributed by atoms with Crippen molar-refractivity contribution in [2.45, 2.75) is 27.3 Å². The van der Waals surface area contributed by atoms with Gasteiger partial charge in [-0.2, -0.15) is 4.98 Å². The molecule has 156 valence electrons. The lowest BCUT2D eigenvalue weighted by atomic mass is 10.1. The van der Waals surface area contributed by atoms with Crippen LogP contribution >= 0.6 is 0 Å². The van der Waals surface area contributed by atoms with E-state index in [9.17, 15) is 13.6 Å². The number of halogens is 2. The quantitative estimate of drug-likeness (QED) is 0.591. The summed E-state index contributed by atoms with van der Waals surface area (Å²) in [6, 6.07) is 8.98. The molecule has 3 rings (SSSR count). The summed E-state index contributed by atoms with van der Waals surface area (Å²) in [6.45, 7) is 5.12. The number of methoxy groups -OCH3 is 1. The van der Waals surface area contributed by atoms with Crippen molar-refractivity contribution < 1.29 is 13.5 Å². The smallest absolute Gasteiger partial charge is 0.278 e. The van der Waals surface area contributed by atoms with E-state index in [-0.39, 0.29) is 18.2 Å². The first-order valence-corrected chi connectivity index (χ1v) is 9.23. The van der Waals surface area contributed by atoms with E-state index in [2.05, 4.69) is 10.3 Å². The topological polar surface area (TPSA) is 80.0 Å². The molecule has 30 heavy (non-hydrogen) atoms. The summed E-state index contributed by atoms with van der Waals surface area (Å²) in [4.78, 5) is 16.6. The molecule has 0 atom stereocenters. The number of aromatic nitrogens is 2. The first-order valence-electron chi connectivity index (χ1n) is 9.23. The normalized spacial score (nSPS) is 10.7. The minimum absolute atomic E-state index is 0.0917. The van der Waals surface area contributed by atoms with Crippen LogP contribution in [0.3, 0.4) is 0 Å². The van der Waals surface area contributed by atoms with Crippen molar-refractivity contribution in [1.29, 1.82) is 5.41 Å². The Labute approximate surface area is 172 Å². The molecule has 3 aromatic rings. The third kappa shape index (κ3) is 4.22. The van der Waals surface area contributed by atoms with Gasteiger partial charge in [-0.3, -0.25) is 4.79 Å². The van der Waals surface area contributed by atoms with Gasteiger partial charge in [-0.15, -0.1) is 0 Å². The molecular weight excluding hydrogens is 390 g/mol. The predicted molar refractivity (Wildman–Crippen MR) is 112 cm³/mol. The molecule has 0 amide bonds. The SMILES string of the molecule is COc1ccc(Nc2nc(=O)c(C)c(C(C)=N)n2Cc2ccc(F)c(F)c2)c(C)c1. The van der Waals surface area contributed by atoms with Crippen LogP contribution in [-0.4, -0.2) is 22.4 Å². The number of aryl methyl sites for hydroxylation is 1. The van der Waals surface area contributed by atoms with E-state index in [1.807, 2.05) is 13.0 Å². The Hall–Kier alpha value is -3.55. The van der Waals surface area contributed by atoms with Gasteiger partial charge in [0.15, 0.2) is 11.6 Å². The third-order valence-corrected chi connectivity index (χ3v) is 4.77. The van der Waals surface area contributed by atoms with Crippen LogP contribution in [-0.2, 0) is 6.54 Å². The van der Waals surface area contributed by atoms with Crippen molar-refractivity contribution in [2.75, 3.05) is 12.4 Å². The van der Waals surface area contributed by atoms with E-state index >= 15 is 0 Å². The minimum Gasteiger partial charge on any atom is -0.497 e. The number of benzene rings is 2. The zero-order valence-electron chi connectivity index (χ0n) is 17.1. The zero-order chi connectivity index (χ0) is 22.0. The second kappa shape index (κ2) is 8.44. The van der Waals surface area contributed by atoms with Crippen molar-refractivity contribution in [3.05, 3.63) is 80.8 Å². The molecule has 2 aromatic carbocycles. The highest BCUT2D eigenvalue weighted by Gasteiger charge is 2.18. The van der Waals surface area contributed by atoms with E-state index in [0.29, 0.717) is 28.3 Å². The first-order chi connectivity index (χ1) is 14.2. The molecule has 0 aliphatic carbocycles. The molecule has 1 heterocycles. The molecule has 1 aromatic heterocycles. The lowest BCUT2D eigenvalue weighted by Crippen LogP contribution is -2.26. The monoisotopic (exact) mass is 412 g/mol. The number of hydrogen-bond donors (Lipinski definition) is 2. The number of anilines is 2. The van der Waals surface area contributed by atoms with Crippen LogP contribution in [0, 0.1) is 30.9 Å². The molecule has 0 aliphatic heterocycles. The summed E-state index contributed by atoms with van der Waals surface area (Å²) in [5.41, 5.74) is 2.39. The van der Waals surface area contributed by atoms with Gasteiger partial charge in [0.05, 0.1) is 25.1 Å². The Kier molecular flexibility index (Phi) is 5.96. The van der Waals surface area contributed by atoms with Crippen molar-refractivity contribution in [3.8, 4) is 5.75 Å². The fourth-order valence-corrected chi connectivity index (χ4v) is 3.23. The largest absolute Gasteiger partial charge is 0.497 e. The van der Waals surface area contributed by atoms with Crippen LogP contribution in [0.5, 0.6) is 5.75 Å². The summed E-state index contributed by atoms with van der Waals surface area (Å²) in [5, 5.41) is 11.3. The van der Waals surface area contributed by atoms with E-state index < -0.39 is 17.2 Å². The number of hydrogen-bond acceptors (Lipinski definition) is 5. The molecule has 0 saturated heterocycles. The Balaban J connectivity index is 2.15. The summed E-state index contributed by atoms with van der Waals surface area (Å²) < 4.78 is 33.9. The molecule has 0 spiro atoms. The average molecular weight is 412 g/mol. The van der Waals surface area contributed by atoms with E-state index in [1.165, 1.54) is 6.07 Å². The van der Waals surface area contributed by atoms with Crippen molar-refractivity contribution in [3.63, 3.8) is 0 Å². The fraction of sp³-hybridized carbons (Fsp3) is 0.227. The Morgan fingerprint density at radius 2 is 1.90 bits per heavy atom. The van der Waals surface area contributed by atoms with Gasteiger partial charge in [-0.05, 0) is 62.2 Å². The lowest BCUT2D eigenvalue weighted by molar-refractivity contribution is 0.414. The molecule has 0 bridgehead atoms. The minimum atomic E-state index is -0.966. The second-order valence-corrected chi connectivity index (χ2v) is 6.98. The summed E-state index contributed by atoms with van der Waals surface area (Å²) in [7, 11) is 1.57. The van der Waals surface area contributed by atoms with Gasteiger partial charge < -0.3 is 20.0 Å². The maximum Gasteiger partial charge on any atom is 0.278 e. The Morgan fingerprint density at radius 1 is 1.17 bits per heavy atom.